The van der Waals surface area contributed by atoms with Gasteiger partial charge in [0.05, 0.1) is 0 Å². The molecule has 1 rings (SSSR count). The fraction of sp³-hybridized carbons (Fsp3) is 0.167. The van der Waals surface area contributed by atoms with Crippen LogP contribution >= 0.6 is 0 Å². The van der Waals surface area contributed by atoms with E-state index >= 15 is 0 Å². The molecule has 0 spiro atoms. The van der Waals surface area contributed by atoms with Crippen molar-refractivity contribution in [3.05, 3.63) is 24.0 Å². The zero-order valence-corrected chi connectivity index (χ0v) is 5.20. The summed E-state index contributed by atoms with van der Waals surface area (Å²) in [5.41, 5.74) is 1.80. The molecule has 0 saturated heterocycles. The highest BCUT2D eigenvalue weighted by molar-refractivity contribution is 6.45. The van der Waals surface area contributed by atoms with Crippen molar-refractivity contribution in [3.8, 4) is 0 Å². The van der Waals surface area contributed by atoms with E-state index in [0.717, 1.165) is 18.5 Å². The van der Waals surface area contributed by atoms with Gasteiger partial charge in [-0.1, -0.05) is 6.07 Å². The molecule has 1 aromatic rings. The summed E-state index contributed by atoms with van der Waals surface area (Å²) in [6.45, 7) is 1.93. The van der Waals surface area contributed by atoms with Crippen molar-refractivity contribution in [2.45, 2.75) is 6.92 Å². The summed E-state index contributed by atoms with van der Waals surface area (Å²) in [6.07, 6.45) is 3.35. The Kier molecular flexibility index (Phi) is 1.85. The van der Waals surface area contributed by atoms with E-state index < -0.39 is 0 Å². The summed E-state index contributed by atoms with van der Waals surface area (Å²) in [7, 11) is 1.04. The summed E-state index contributed by atoms with van der Waals surface area (Å²) in [6, 6.07) is 1.85. The second-order valence-electron chi connectivity index (χ2n) is 1.92. The zero-order valence-electron chi connectivity index (χ0n) is 5.20. The predicted molar refractivity (Wildman–Crippen MR) is 36.6 cm³/mol. The number of nitrogens with zero attached hydrogens (tertiary/aromatic N) is 1. The molecule has 0 atom stereocenters. The van der Waals surface area contributed by atoms with Crippen molar-refractivity contribution >= 4 is 12.9 Å². The second kappa shape index (κ2) is 2.64. The Hall–Kier alpha value is -0.825. The van der Waals surface area contributed by atoms with Crippen LogP contribution in [0, 0.1) is 6.92 Å². The third kappa shape index (κ3) is 1.54. The third-order valence-electron chi connectivity index (χ3n) is 1.05. The van der Waals surface area contributed by atoms with Crippen LogP contribution in [-0.4, -0.2) is 17.5 Å². The van der Waals surface area contributed by atoms with E-state index in [0.29, 0.717) is 0 Å². The first-order chi connectivity index (χ1) is 4.33. The van der Waals surface area contributed by atoms with E-state index in [1.807, 2.05) is 13.0 Å². The molecule has 0 bridgehead atoms. The average molecular weight is 120 g/mol. The van der Waals surface area contributed by atoms with E-state index in [1.54, 1.807) is 12.4 Å². The Labute approximate surface area is 54.8 Å². The summed E-state index contributed by atoms with van der Waals surface area (Å²) in [5, 5.41) is 8.50. The van der Waals surface area contributed by atoms with Crippen LogP contribution in [0.15, 0.2) is 18.5 Å². The van der Waals surface area contributed by atoms with Gasteiger partial charge in [-0.2, -0.15) is 0 Å². The molecule has 0 amide bonds. The Bertz CT molecular complexity index is 202. The van der Waals surface area contributed by atoms with E-state index in [1.165, 1.54) is 0 Å². The highest BCUT2D eigenvalue weighted by Gasteiger charge is 1.91. The Morgan fingerprint density at radius 1 is 1.56 bits per heavy atom. The summed E-state index contributed by atoms with van der Waals surface area (Å²) < 4.78 is 0. The van der Waals surface area contributed by atoms with Crippen LogP contribution < -0.4 is 5.46 Å². The lowest BCUT2D eigenvalue weighted by Gasteiger charge is -1.92. The van der Waals surface area contributed by atoms with Gasteiger partial charge < -0.3 is 5.02 Å². The number of aromatic nitrogens is 1. The number of hydrogen-bond donors (Lipinski definition) is 1. The second-order valence-corrected chi connectivity index (χ2v) is 1.92. The van der Waals surface area contributed by atoms with Crippen molar-refractivity contribution in [3.63, 3.8) is 0 Å². The molecule has 1 aromatic heterocycles. The van der Waals surface area contributed by atoms with Crippen molar-refractivity contribution < 1.29 is 5.02 Å². The van der Waals surface area contributed by atoms with Gasteiger partial charge >= 0.3 is 7.48 Å². The van der Waals surface area contributed by atoms with Gasteiger partial charge in [0, 0.05) is 12.4 Å². The molecule has 0 aromatic carbocycles. The monoisotopic (exact) mass is 120 g/mol. The highest BCUT2D eigenvalue weighted by Crippen LogP contribution is 1.86. The van der Waals surface area contributed by atoms with Crippen LogP contribution in [0.5, 0.6) is 0 Å². The molecular formula is C6H7BNO. The van der Waals surface area contributed by atoms with E-state index in [4.69, 9.17) is 5.02 Å². The Morgan fingerprint density at radius 2 is 2.33 bits per heavy atom. The summed E-state index contributed by atoms with van der Waals surface area (Å²) in [4.78, 5) is 3.86. The average Bonchev–Trinajstić information content (AvgIpc) is 1.88. The van der Waals surface area contributed by atoms with Crippen LogP contribution in [0.2, 0.25) is 0 Å². The van der Waals surface area contributed by atoms with Crippen LogP contribution in [0.25, 0.3) is 0 Å². The molecule has 0 aliphatic heterocycles. The maximum atomic E-state index is 8.50. The maximum absolute atomic E-state index is 8.50. The van der Waals surface area contributed by atoms with Gasteiger partial charge in [0.25, 0.3) is 0 Å². The smallest absolute Gasteiger partial charge is 0.328 e. The molecule has 0 aliphatic rings. The lowest BCUT2D eigenvalue weighted by molar-refractivity contribution is 0.615. The SMILES string of the molecule is Cc1cncc([B]O)c1. The lowest BCUT2D eigenvalue weighted by atomic mass is 9.90. The van der Waals surface area contributed by atoms with Crippen molar-refractivity contribution in [2.24, 2.45) is 0 Å². The first kappa shape index (κ1) is 6.30. The van der Waals surface area contributed by atoms with Gasteiger partial charge in [-0.3, -0.25) is 4.98 Å². The Balaban J connectivity index is 2.94. The normalized spacial score (nSPS) is 9.11. The molecule has 1 radical (unpaired) electrons. The fourth-order valence-corrected chi connectivity index (χ4v) is 0.649. The van der Waals surface area contributed by atoms with Gasteiger partial charge in [-0.05, 0) is 17.9 Å². The molecule has 0 aliphatic carbocycles. The van der Waals surface area contributed by atoms with Crippen LogP contribution in [0.1, 0.15) is 5.56 Å². The van der Waals surface area contributed by atoms with Gasteiger partial charge in [-0.15, -0.1) is 0 Å². The quantitative estimate of drug-likeness (QED) is 0.512. The predicted octanol–water partition coefficient (Wildman–Crippen LogP) is -0.373. The fourth-order valence-electron chi connectivity index (χ4n) is 0.649. The van der Waals surface area contributed by atoms with Crippen molar-refractivity contribution in [2.75, 3.05) is 0 Å². The minimum absolute atomic E-state index is 0.745. The minimum atomic E-state index is 0.745. The van der Waals surface area contributed by atoms with E-state index in [2.05, 4.69) is 4.98 Å². The molecule has 0 fully saturated rings. The largest absolute Gasteiger partial charge is 0.450 e. The molecule has 3 heteroatoms. The molecule has 1 N–H and O–H groups in total. The summed E-state index contributed by atoms with van der Waals surface area (Å²) >= 11 is 0. The molecule has 2 nitrogen and oxygen atoms in total. The Morgan fingerprint density at radius 3 is 2.78 bits per heavy atom. The lowest BCUT2D eigenvalue weighted by Crippen LogP contribution is -2.13. The summed E-state index contributed by atoms with van der Waals surface area (Å²) in [5.74, 6) is 0. The highest BCUT2D eigenvalue weighted by atomic mass is 16.2. The molecule has 0 saturated carbocycles. The van der Waals surface area contributed by atoms with E-state index in [9.17, 15) is 0 Å². The number of aryl methyl sites for hydroxylation is 1. The number of rotatable bonds is 1. The standard InChI is InChI=1S/C6H7BNO/c1-5-2-6(7-9)4-8-3-5/h2-4,9H,1H3. The molecule has 0 unspecified atom stereocenters. The molecule has 45 valence electrons. The molecule has 1 heterocycles. The van der Waals surface area contributed by atoms with Gasteiger partial charge in [0.2, 0.25) is 0 Å². The van der Waals surface area contributed by atoms with Gasteiger partial charge in [0.15, 0.2) is 0 Å². The van der Waals surface area contributed by atoms with Gasteiger partial charge in [-0.25, -0.2) is 0 Å². The maximum Gasteiger partial charge on any atom is 0.328 e. The molecular weight excluding hydrogens is 113 g/mol. The topological polar surface area (TPSA) is 33.1 Å². The molecule has 9 heavy (non-hydrogen) atoms. The number of pyridine rings is 1. The first-order valence-corrected chi connectivity index (χ1v) is 2.72. The third-order valence-corrected chi connectivity index (χ3v) is 1.05. The van der Waals surface area contributed by atoms with Crippen molar-refractivity contribution in [1.82, 2.24) is 4.98 Å². The van der Waals surface area contributed by atoms with Crippen LogP contribution in [0.4, 0.5) is 0 Å². The van der Waals surface area contributed by atoms with Crippen LogP contribution in [0.3, 0.4) is 0 Å². The van der Waals surface area contributed by atoms with Crippen molar-refractivity contribution in [1.29, 1.82) is 0 Å². The van der Waals surface area contributed by atoms with Gasteiger partial charge in [0.1, 0.15) is 0 Å². The first-order valence-electron chi connectivity index (χ1n) is 2.72. The van der Waals surface area contributed by atoms with E-state index in [-0.39, 0.29) is 0 Å². The van der Waals surface area contributed by atoms with Crippen LogP contribution in [-0.2, 0) is 0 Å². The minimum Gasteiger partial charge on any atom is -0.450 e. The number of hydrogen-bond acceptors (Lipinski definition) is 2. The zero-order chi connectivity index (χ0) is 6.69.